The lowest BCUT2D eigenvalue weighted by molar-refractivity contribution is -0.123. The topological polar surface area (TPSA) is 55.8 Å². The van der Waals surface area contributed by atoms with Crippen LogP contribution in [-0.2, 0) is 11.3 Å². The molecule has 1 saturated heterocycles. The van der Waals surface area contributed by atoms with E-state index in [1.807, 2.05) is 0 Å². The van der Waals surface area contributed by atoms with Gasteiger partial charge in [-0.2, -0.15) is 0 Å². The Morgan fingerprint density at radius 3 is 2.66 bits per heavy atom. The Labute approximate surface area is 182 Å². The van der Waals surface area contributed by atoms with Gasteiger partial charge < -0.3 is 9.47 Å². The average Bonchev–Trinajstić information content (AvgIpc) is 2.95. The first-order valence-electron chi connectivity index (χ1n) is 8.37. The Morgan fingerprint density at radius 1 is 1.21 bits per heavy atom. The van der Waals surface area contributed by atoms with Crippen molar-refractivity contribution in [1.29, 1.82) is 0 Å². The first-order chi connectivity index (χ1) is 13.9. The molecule has 2 aromatic carbocycles. The lowest BCUT2D eigenvalue weighted by Crippen LogP contribution is -2.27. The van der Waals surface area contributed by atoms with Crippen molar-refractivity contribution in [2.24, 2.45) is 0 Å². The third kappa shape index (κ3) is 4.70. The van der Waals surface area contributed by atoms with Crippen molar-refractivity contribution >= 4 is 52.2 Å². The molecular weight excluding hydrogens is 433 g/mol. The van der Waals surface area contributed by atoms with Gasteiger partial charge in [0.25, 0.3) is 11.1 Å². The van der Waals surface area contributed by atoms with Crippen molar-refractivity contribution in [2.75, 3.05) is 13.7 Å². The van der Waals surface area contributed by atoms with Crippen LogP contribution in [0.15, 0.2) is 41.3 Å². The van der Waals surface area contributed by atoms with Crippen LogP contribution in [0, 0.1) is 12.3 Å². The molecule has 0 unspecified atom stereocenters. The van der Waals surface area contributed by atoms with Crippen LogP contribution in [-0.4, -0.2) is 29.8 Å². The molecule has 0 N–H and O–H groups in total. The van der Waals surface area contributed by atoms with Crippen molar-refractivity contribution in [3.8, 4) is 23.8 Å². The number of benzene rings is 2. The van der Waals surface area contributed by atoms with Gasteiger partial charge in [-0.1, -0.05) is 47.3 Å². The molecule has 0 aromatic heterocycles. The van der Waals surface area contributed by atoms with Gasteiger partial charge >= 0.3 is 0 Å². The van der Waals surface area contributed by atoms with Crippen LogP contribution in [0.25, 0.3) is 6.08 Å². The van der Waals surface area contributed by atoms with E-state index in [-0.39, 0.29) is 28.3 Å². The van der Waals surface area contributed by atoms with Gasteiger partial charge in [0.2, 0.25) is 0 Å². The predicted octanol–water partition coefficient (Wildman–Crippen LogP) is 5.25. The van der Waals surface area contributed by atoms with Crippen LogP contribution in [0.1, 0.15) is 11.1 Å². The first kappa shape index (κ1) is 21.1. The van der Waals surface area contributed by atoms with Gasteiger partial charge in [0.05, 0.1) is 23.6 Å². The minimum atomic E-state index is -0.400. The number of amides is 2. The number of imide groups is 1. The normalized spacial score (nSPS) is 15.0. The summed E-state index contributed by atoms with van der Waals surface area (Å²) in [6.07, 6.45) is 6.79. The van der Waals surface area contributed by atoms with Gasteiger partial charge in [0, 0.05) is 5.02 Å². The molecule has 0 atom stereocenters. The van der Waals surface area contributed by atoms with E-state index in [1.165, 1.54) is 7.11 Å². The van der Waals surface area contributed by atoms with Crippen LogP contribution in [0.4, 0.5) is 4.79 Å². The number of methoxy groups -OCH3 is 1. The predicted molar refractivity (Wildman–Crippen MR) is 115 cm³/mol. The summed E-state index contributed by atoms with van der Waals surface area (Å²) in [4.78, 5) is 26.5. The Balaban J connectivity index is 1.87. The summed E-state index contributed by atoms with van der Waals surface area (Å²) < 4.78 is 10.7. The van der Waals surface area contributed by atoms with E-state index in [2.05, 4.69) is 5.92 Å². The zero-order valence-corrected chi connectivity index (χ0v) is 17.6. The maximum absolute atomic E-state index is 12.7. The number of ether oxygens (including phenoxy) is 2. The molecular formula is C21H15Cl2NO4S. The number of carbonyl (C=O) groups excluding carboxylic acids is 2. The highest BCUT2D eigenvalue weighted by molar-refractivity contribution is 8.18. The summed E-state index contributed by atoms with van der Waals surface area (Å²) >= 11 is 13.3. The number of rotatable bonds is 6. The van der Waals surface area contributed by atoms with Crippen molar-refractivity contribution in [3.63, 3.8) is 0 Å². The molecule has 2 amide bonds. The van der Waals surface area contributed by atoms with E-state index >= 15 is 0 Å². The minimum absolute atomic E-state index is 0.0381. The maximum Gasteiger partial charge on any atom is 0.293 e. The van der Waals surface area contributed by atoms with Crippen molar-refractivity contribution in [1.82, 2.24) is 4.90 Å². The van der Waals surface area contributed by atoms with E-state index in [0.717, 1.165) is 16.7 Å². The van der Waals surface area contributed by atoms with Gasteiger partial charge in [0.15, 0.2) is 11.5 Å². The largest absolute Gasteiger partial charge is 0.493 e. The molecule has 0 spiro atoms. The van der Waals surface area contributed by atoms with E-state index in [9.17, 15) is 9.59 Å². The number of nitrogens with zero attached hydrogens (tertiary/aromatic N) is 1. The third-order valence-corrected chi connectivity index (χ3v) is 5.57. The summed E-state index contributed by atoms with van der Waals surface area (Å²) in [6, 6.07) is 10.3. The number of halogens is 2. The molecule has 1 aliphatic heterocycles. The lowest BCUT2D eigenvalue weighted by Gasteiger charge is -2.13. The zero-order chi connectivity index (χ0) is 21.0. The Kier molecular flexibility index (Phi) is 6.75. The molecule has 1 fully saturated rings. The van der Waals surface area contributed by atoms with E-state index in [4.69, 9.17) is 39.1 Å². The lowest BCUT2D eigenvalue weighted by atomic mass is 10.1. The van der Waals surface area contributed by atoms with Gasteiger partial charge in [-0.25, -0.2) is 0 Å². The molecule has 5 nitrogen and oxygen atoms in total. The minimum Gasteiger partial charge on any atom is -0.493 e. The number of thioether (sulfide) groups is 1. The van der Waals surface area contributed by atoms with Gasteiger partial charge in [-0.05, 0) is 47.2 Å². The fraction of sp³-hybridized carbons (Fsp3) is 0.143. The Morgan fingerprint density at radius 2 is 1.97 bits per heavy atom. The molecule has 0 bridgehead atoms. The van der Waals surface area contributed by atoms with Crippen LogP contribution in [0.3, 0.4) is 0 Å². The van der Waals surface area contributed by atoms with E-state index in [0.29, 0.717) is 27.6 Å². The van der Waals surface area contributed by atoms with Crippen molar-refractivity contribution in [3.05, 3.63) is 62.5 Å². The summed E-state index contributed by atoms with van der Waals surface area (Å²) in [5, 5.41) is 0.406. The smallest absolute Gasteiger partial charge is 0.293 e. The average molecular weight is 448 g/mol. The molecule has 0 saturated carbocycles. The third-order valence-electron chi connectivity index (χ3n) is 4.01. The Bertz CT molecular complexity index is 1050. The quantitative estimate of drug-likeness (QED) is 0.446. The molecule has 0 radical (unpaired) electrons. The van der Waals surface area contributed by atoms with E-state index < -0.39 is 5.91 Å². The summed E-state index contributed by atoms with van der Waals surface area (Å²) in [7, 11) is 1.47. The van der Waals surface area contributed by atoms with Gasteiger partial charge in [0.1, 0.15) is 6.61 Å². The first-order valence-corrected chi connectivity index (χ1v) is 9.94. The van der Waals surface area contributed by atoms with Crippen LogP contribution in [0.2, 0.25) is 10.0 Å². The summed E-state index contributed by atoms with van der Waals surface area (Å²) in [5.41, 5.74) is 1.28. The van der Waals surface area contributed by atoms with Crippen LogP contribution in [0.5, 0.6) is 11.5 Å². The van der Waals surface area contributed by atoms with Crippen molar-refractivity contribution < 1.29 is 19.1 Å². The molecule has 1 heterocycles. The van der Waals surface area contributed by atoms with E-state index in [1.54, 1.807) is 42.5 Å². The van der Waals surface area contributed by atoms with Crippen molar-refractivity contribution in [2.45, 2.75) is 6.54 Å². The Hall–Kier alpha value is -2.59. The number of hydrogen-bond donors (Lipinski definition) is 0. The SMILES string of the molecule is C#CCOc1c(Cl)cc(/C=C2/SC(=O)N(Cc3ccccc3Cl)C2=O)cc1OC. The molecule has 3 rings (SSSR count). The molecule has 0 aliphatic carbocycles. The number of terminal acetylenes is 1. The molecule has 8 heteroatoms. The van der Waals surface area contributed by atoms with Gasteiger partial charge in [-0.15, -0.1) is 6.42 Å². The van der Waals surface area contributed by atoms with Crippen LogP contribution >= 0.6 is 35.0 Å². The standard InChI is InChI=1S/C21H15Cl2NO4S/c1-3-8-28-19-16(23)9-13(10-17(19)27-2)11-18-20(25)24(21(26)29-18)12-14-6-4-5-7-15(14)22/h1,4-7,9-11H,8,12H2,2H3/b18-11+. The highest BCUT2D eigenvalue weighted by atomic mass is 35.5. The summed E-state index contributed by atoms with van der Waals surface area (Å²) in [6.45, 7) is 0.140. The second kappa shape index (κ2) is 9.27. The van der Waals surface area contributed by atoms with Gasteiger partial charge in [-0.3, -0.25) is 14.5 Å². The maximum atomic E-state index is 12.7. The fourth-order valence-corrected chi connectivity index (χ4v) is 3.97. The molecule has 29 heavy (non-hydrogen) atoms. The highest BCUT2D eigenvalue weighted by Crippen LogP contribution is 2.39. The second-order valence-corrected chi connectivity index (χ2v) is 7.69. The fourth-order valence-electron chi connectivity index (χ4n) is 2.66. The number of carbonyl (C=O) groups is 2. The second-order valence-electron chi connectivity index (χ2n) is 5.89. The molecule has 148 valence electrons. The summed E-state index contributed by atoms with van der Waals surface area (Å²) in [5.74, 6) is 2.64. The monoisotopic (exact) mass is 447 g/mol. The highest BCUT2D eigenvalue weighted by Gasteiger charge is 2.35. The number of hydrogen-bond acceptors (Lipinski definition) is 5. The molecule has 1 aliphatic rings. The van der Waals surface area contributed by atoms with Crippen LogP contribution < -0.4 is 9.47 Å². The molecule has 2 aromatic rings. The zero-order valence-electron chi connectivity index (χ0n) is 15.3.